The van der Waals surface area contributed by atoms with Gasteiger partial charge in [0.25, 0.3) is 0 Å². The molecule has 0 aromatic heterocycles. The van der Waals surface area contributed by atoms with Gasteiger partial charge < -0.3 is 5.73 Å². The lowest BCUT2D eigenvalue weighted by Gasteiger charge is -2.36. The molecule has 0 aliphatic heterocycles. The van der Waals surface area contributed by atoms with Crippen molar-refractivity contribution in [2.75, 3.05) is 6.26 Å². The quantitative estimate of drug-likeness (QED) is 0.466. The van der Waals surface area contributed by atoms with Gasteiger partial charge >= 0.3 is 0 Å². The molecule has 0 amide bonds. The zero-order valence-corrected chi connectivity index (χ0v) is 9.15. The Morgan fingerprint density at radius 3 is 2.21 bits per heavy atom. The van der Waals surface area contributed by atoms with Crippen LogP contribution in [0.25, 0.3) is 0 Å². The van der Waals surface area contributed by atoms with E-state index in [-0.39, 0.29) is 5.84 Å². The molecule has 0 unspecified atom stereocenters. The van der Waals surface area contributed by atoms with Crippen LogP contribution in [0, 0.1) is 5.41 Å². The average Bonchev–Trinajstić information content (AvgIpc) is 2.02. The van der Waals surface area contributed by atoms with Crippen molar-refractivity contribution in [3.8, 4) is 0 Å². The summed E-state index contributed by atoms with van der Waals surface area (Å²) in [4.78, 5) is 0. The highest BCUT2D eigenvalue weighted by atomic mass is 32.2. The van der Waals surface area contributed by atoms with Crippen LogP contribution >= 0.6 is 0 Å². The van der Waals surface area contributed by atoms with Gasteiger partial charge in [0.2, 0.25) is 10.0 Å². The van der Waals surface area contributed by atoms with Crippen LogP contribution in [0.2, 0.25) is 0 Å². The van der Waals surface area contributed by atoms with Crippen molar-refractivity contribution in [2.24, 2.45) is 5.73 Å². The lowest BCUT2D eigenvalue weighted by molar-refractivity contribution is 0.349. The minimum absolute atomic E-state index is 0.0670. The van der Waals surface area contributed by atoms with Crippen molar-refractivity contribution in [3.05, 3.63) is 0 Å². The van der Waals surface area contributed by atoms with Gasteiger partial charge in [-0.05, 0) is 12.8 Å². The molecule has 1 rings (SSSR count). The molecule has 4 N–H and O–H groups in total. The molecular weight excluding hydrogens is 202 g/mol. The number of amidine groups is 1. The number of nitrogens with two attached hydrogens (primary N) is 1. The van der Waals surface area contributed by atoms with E-state index in [2.05, 4.69) is 4.72 Å². The smallest absolute Gasteiger partial charge is 0.209 e. The lowest BCUT2D eigenvalue weighted by atomic mass is 9.82. The molecule has 0 spiro atoms. The van der Waals surface area contributed by atoms with Gasteiger partial charge in [0, 0.05) is 0 Å². The fraction of sp³-hybridized carbons (Fsp3) is 0.875. The van der Waals surface area contributed by atoms with Crippen LogP contribution in [0.15, 0.2) is 0 Å². The molecule has 5 nitrogen and oxygen atoms in total. The molecule has 1 fully saturated rings. The molecule has 0 bridgehead atoms. The Bertz CT molecular complexity index is 317. The van der Waals surface area contributed by atoms with Crippen molar-refractivity contribution in [2.45, 2.75) is 37.6 Å². The first-order chi connectivity index (χ1) is 6.36. The first-order valence-corrected chi connectivity index (χ1v) is 6.58. The lowest BCUT2D eigenvalue weighted by Crippen LogP contribution is -2.57. The standard InChI is InChI=1S/C8H17N3O2S/c1-14(12,13)11-8(7(9)10)5-3-2-4-6-8/h11H,2-6H2,1H3,(H3,9,10). The molecule has 1 aliphatic carbocycles. The molecule has 0 heterocycles. The second kappa shape index (κ2) is 3.86. The van der Waals surface area contributed by atoms with E-state index < -0.39 is 15.6 Å². The molecule has 1 aliphatic rings. The van der Waals surface area contributed by atoms with Gasteiger partial charge in [0.1, 0.15) is 5.84 Å². The van der Waals surface area contributed by atoms with Crippen LogP contribution < -0.4 is 10.5 Å². The molecule has 0 radical (unpaired) electrons. The number of hydrogen-bond donors (Lipinski definition) is 3. The highest BCUT2D eigenvalue weighted by Gasteiger charge is 2.37. The predicted octanol–water partition coefficient (Wildman–Crippen LogP) is 0.174. The Morgan fingerprint density at radius 1 is 1.36 bits per heavy atom. The summed E-state index contributed by atoms with van der Waals surface area (Å²) in [6.45, 7) is 0. The molecule has 82 valence electrons. The maximum absolute atomic E-state index is 11.1. The van der Waals surface area contributed by atoms with Crippen molar-refractivity contribution >= 4 is 15.9 Å². The first-order valence-electron chi connectivity index (χ1n) is 4.69. The summed E-state index contributed by atoms with van der Waals surface area (Å²) in [6, 6.07) is 0. The van der Waals surface area contributed by atoms with E-state index in [0.717, 1.165) is 25.5 Å². The monoisotopic (exact) mass is 219 g/mol. The van der Waals surface area contributed by atoms with E-state index in [1.807, 2.05) is 0 Å². The molecule has 1 saturated carbocycles. The third-order valence-corrected chi connectivity index (χ3v) is 3.36. The Balaban J connectivity index is 2.87. The topological polar surface area (TPSA) is 96.0 Å². The van der Waals surface area contributed by atoms with Gasteiger partial charge in [-0.15, -0.1) is 0 Å². The van der Waals surface area contributed by atoms with Crippen molar-refractivity contribution in [3.63, 3.8) is 0 Å². The van der Waals surface area contributed by atoms with Crippen LogP contribution in [0.1, 0.15) is 32.1 Å². The predicted molar refractivity (Wildman–Crippen MR) is 55.7 cm³/mol. The summed E-state index contributed by atoms with van der Waals surface area (Å²) < 4.78 is 24.8. The van der Waals surface area contributed by atoms with E-state index >= 15 is 0 Å². The summed E-state index contributed by atoms with van der Waals surface area (Å²) in [7, 11) is -3.30. The average molecular weight is 219 g/mol. The van der Waals surface area contributed by atoms with Crippen LogP contribution in [0.4, 0.5) is 0 Å². The van der Waals surface area contributed by atoms with Gasteiger partial charge in [-0.1, -0.05) is 19.3 Å². The Hall–Kier alpha value is -0.620. The van der Waals surface area contributed by atoms with E-state index in [9.17, 15) is 8.42 Å². The second-order valence-corrected chi connectivity index (χ2v) is 5.68. The van der Waals surface area contributed by atoms with Gasteiger partial charge in [0.05, 0.1) is 11.8 Å². The van der Waals surface area contributed by atoms with Gasteiger partial charge in [-0.3, -0.25) is 5.41 Å². The number of nitrogens with one attached hydrogen (secondary N) is 2. The minimum atomic E-state index is -3.30. The van der Waals surface area contributed by atoms with Gasteiger partial charge in [-0.2, -0.15) is 0 Å². The van der Waals surface area contributed by atoms with E-state index in [0.29, 0.717) is 12.8 Å². The molecular formula is C8H17N3O2S. The molecule has 0 atom stereocenters. The zero-order chi connectivity index (χ0) is 10.8. The third-order valence-electron chi connectivity index (χ3n) is 2.60. The summed E-state index contributed by atoms with van der Waals surface area (Å²) in [5, 5.41) is 7.47. The maximum atomic E-state index is 11.1. The number of hydrogen-bond acceptors (Lipinski definition) is 3. The molecule has 0 saturated heterocycles. The van der Waals surface area contributed by atoms with Crippen molar-refractivity contribution < 1.29 is 8.42 Å². The third kappa shape index (κ3) is 2.68. The van der Waals surface area contributed by atoms with Crippen molar-refractivity contribution in [1.29, 1.82) is 5.41 Å². The Morgan fingerprint density at radius 2 is 1.86 bits per heavy atom. The first kappa shape index (κ1) is 11.5. The summed E-state index contributed by atoms with van der Waals surface area (Å²) in [6.07, 6.45) is 5.29. The maximum Gasteiger partial charge on any atom is 0.209 e. The van der Waals surface area contributed by atoms with Crippen LogP contribution in [-0.4, -0.2) is 26.0 Å². The molecule has 14 heavy (non-hydrogen) atoms. The molecule has 0 aromatic carbocycles. The highest BCUT2D eigenvalue weighted by molar-refractivity contribution is 7.88. The van der Waals surface area contributed by atoms with Gasteiger partial charge in [-0.25, -0.2) is 13.1 Å². The Labute approximate surface area is 84.6 Å². The second-order valence-electron chi connectivity index (χ2n) is 3.93. The van der Waals surface area contributed by atoms with Crippen LogP contribution in [-0.2, 0) is 10.0 Å². The normalized spacial score (nSPS) is 21.8. The summed E-state index contributed by atoms with van der Waals surface area (Å²) >= 11 is 0. The van der Waals surface area contributed by atoms with E-state index in [1.165, 1.54) is 0 Å². The van der Waals surface area contributed by atoms with Crippen LogP contribution in [0.3, 0.4) is 0 Å². The van der Waals surface area contributed by atoms with Crippen molar-refractivity contribution in [1.82, 2.24) is 4.72 Å². The summed E-state index contributed by atoms with van der Waals surface area (Å²) in [5.41, 5.74) is 4.65. The molecule has 6 heteroatoms. The fourth-order valence-electron chi connectivity index (χ4n) is 1.94. The number of sulfonamides is 1. The van der Waals surface area contributed by atoms with E-state index in [1.54, 1.807) is 0 Å². The number of rotatable bonds is 3. The van der Waals surface area contributed by atoms with Crippen LogP contribution in [0.5, 0.6) is 0 Å². The SMILES string of the molecule is CS(=O)(=O)NC1(C(=N)N)CCCCC1. The summed E-state index contributed by atoms with van der Waals surface area (Å²) in [5.74, 6) is -0.0670. The zero-order valence-electron chi connectivity index (χ0n) is 8.34. The minimum Gasteiger partial charge on any atom is -0.386 e. The largest absolute Gasteiger partial charge is 0.386 e. The van der Waals surface area contributed by atoms with Gasteiger partial charge in [0.15, 0.2) is 0 Å². The Kier molecular flexibility index (Phi) is 3.16. The van der Waals surface area contributed by atoms with E-state index in [4.69, 9.17) is 11.1 Å². The fourth-order valence-corrected chi connectivity index (χ4v) is 2.96. The highest BCUT2D eigenvalue weighted by Crippen LogP contribution is 2.28. The molecule has 0 aromatic rings.